The van der Waals surface area contributed by atoms with Crippen LogP contribution >= 0.6 is 0 Å². The Bertz CT molecular complexity index is 999. The molecule has 248 valence electrons. The van der Waals surface area contributed by atoms with E-state index < -0.39 is 6.10 Å². The van der Waals surface area contributed by atoms with E-state index in [9.17, 15) is 14.7 Å². The molecule has 4 fully saturated rings. The summed E-state index contributed by atoms with van der Waals surface area (Å²) in [5, 5.41) is 13.4. The topological polar surface area (TPSA) is 106 Å². The number of aliphatic hydroxyl groups excluding tert-OH is 1. The van der Waals surface area contributed by atoms with Crippen LogP contribution in [0.25, 0.3) is 0 Å². The molecule has 4 aliphatic carbocycles. The number of fused-ring (bicyclic) bond motifs is 2. The second-order valence-corrected chi connectivity index (χ2v) is 15.8. The van der Waals surface area contributed by atoms with Crippen molar-refractivity contribution in [1.82, 2.24) is 0 Å². The number of unbranched alkanes of at least 4 members (excludes halogenated alkanes) is 1. The van der Waals surface area contributed by atoms with Crippen molar-refractivity contribution in [3.05, 3.63) is 0 Å². The number of hydrogen-bond donors (Lipinski definition) is 3. The highest BCUT2D eigenvalue weighted by Gasteiger charge is 2.44. The number of hydrogen-bond acceptors (Lipinski definition) is 5. The molecule has 5 rings (SSSR count). The fourth-order valence-electron chi connectivity index (χ4n) is 10.3. The Morgan fingerprint density at radius 2 is 1.73 bits per heavy atom. The van der Waals surface area contributed by atoms with Crippen LogP contribution in [0, 0.1) is 65.1 Å². The van der Waals surface area contributed by atoms with Gasteiger partial charge in [0.25, 0.3) is 0 Å². The van der Waals surface area contributed by atoms with Crippen LogP contribution in [0.4, 0.5) is 0 Å². The Labute approximate surface area is 267 Å². The van der Waals surface area contributed by atoms with E-state index in [1.54, 1.807) is 7.11 Å². The lowest BCUT2D eigenvalue weighted by atomic mass is 9.63. The second kappa shape index (κ2) is 16.5. The van der Waals surface area contributed by atoms with Crippen molar-refractivity contribution >= 4 is 11.6 Å². The number of Topliss-reactive ketones (excluding diaryl/α,β-unsaturated/α-hetero) is 2. The van der Waals surface area contributed by atoms with Crippen LogP contribution in [0.15, 0.2) is 0 Å². The summed E-state index contributed by atoms with van der Waals surface area (Å²) in [5.74, 6) is 11.1. The molecule has 5 aliphatic rings. The number of rotatable bonds is 7. The number of ether oxygens (including phenoxy) is 1. The third-order valence-corrected chi connectivity index (χ3v) is 12.6. The summed E-state index contributed by atoms with van der Waals surface area (Å²) in [6, 6.07) is 0. The van der Waals surface area contributed by atoms with Crippen LogP contribution in [-0.2, 0) is 14.3 Å². The maximum Gasteiger partial charge on any atom is 0.144 e. The Kier molecular flexibility index (Phi) is 12.8. The molecule has 0 radical (unpaired) electrons. The molecule has 0 spiro atoms. The Hall–Kier alpha value is -1.26. The highest BCUT2D eigenvalue weighted by atomic mass is 16.5. The van der Waals surface area contributed by atoms with Gasteiger partial charge in [-0.15, -0.1) is 0 Å². The first kappa shape index (κ1) is 34.1. The number of carbonyl (C=O) groups excluding carboxylic acids is 2. The summed E-state index contributed by atoms with van der Waals surface area (Å²) in [7, 11) is 1.70. The highest BCUT2D eigenvalue weighted by Crippen LogP contribution is 2.46. The maximum atomic E-state index is 14.0. The molecule has 0 bridgehead atoms. The van der Waals surface area contributed by atoms with Crippen LogP contribution < -0.4 is 11.1 Å². The maximum absolute atomic E-state index is 14.0. The van der Waals surface area contributed by atoms with Crippen molar-refractivity contribution in [1.29, 1.82) is 0 Å². The third-order valence-electron chi connectivity index (χ3n) is 12.6. The summed E-state index contributed by atoms with van der Waals surface area (Å²) in [6.07, 6.45) is 18.7. The van der Waals surface area contributed by atoms with Crippen molar-refractivity contribution < 1.29 is 24.7 Å². The standard InChI is InChI=1S/C38H62N2O4/c1-3-4-8-25-17-27(18-26-15-16-40-38(39)21-26)19-29-12-14-32(28-9-6-5-7-10-28)33-24-36(43)37(44-2)22-30(33)11-13-31(41)23-35(42)34(29)20-25/h25-30,32-34,36-38,40,43H,3-11,13,15-24,39H2,1-2H3/p+1/t25-,26?,27-,29+,30?,32-,33?,34-,36?,37?,38?/m1/s1. The molecule has 6 nitrogen and oxygen atoms in total. The van der Waals surface area contributed by atoms with Crippen molar-refractivity contribution in [2.24, 2.45) is 59.0 Å². The number of piperidine rings is 1. The zero-order valence-electron chi connectivity index (χ0n) is 27.9. The average Bonchev–Trinajstić information content (AvgIpc) is 3.18. The zero-order chi connectivity index (χ0) is 31.1. The average molecular weight is 612 g/mol. The number of nitrogens with two attached hydrogens (primary N) is 2. The molecule has 5 N–H and O–H groups in total. The van der Waals surface area contributed by atoms with Crippen LogP contribution in [0.3, 0.4) is 0 Å². The molecular weight excluding hydrogens is 548 g/mol. The van der Waals surface area contributed by atoms with Crippen molar-refractivity contribution in [2.75, 3.05) is 13.7 Å². The normalized spacial score (nSPS) is 41.2. The van der Waals surface area contributed by atoms with Gasteiger partial charge in [-0.3, -0.25) is 15.3 Å². The molecule has 3 saturated carbocycles. The van der Waals surface area contributed by atoms with Crippen LogP contribution in [0.1, 0.15) is 129 Å². The minimum atomic E-state index is -0.479. The molecule has 1 aliphatic heterocycles. The van der Waals surface area contributed by atoms with Crippen LogP contribution in [0.5, 0.6) is 0 Å². The summed E-state index contributed by atoms with van der Waals surface area (Å²) in [4.78, 5) is 27.4. The van der Waals surface area contributed by atoms with Gasteiger partial charge in [0.15, 0.2) is 0 Å². The Balaban J connectivity index is 1.49. The van der Waals surface area contributed by atoms with Gasteiger partial charge < -0.3 is 15.2 Å². The molecule has 1 saturated heterocycles. The zero-order valence-corrected chi connectivity index (χ0v) is 27.9. The van der Waals surface area contributed by atoms with Crippen molar-refractivity contribution in [2.45, 2.75) is 147 Å². The Morgan fingerprint density at radius 3 is 2.48 bits per heavy atom. The van der Waals surface area contributed by atoms with E-state index in [-0.39, 0.29) is 53.9 Å². The summed E-state index contributed by atoms with van der Waals surface area (Å²) < 4.78 is 5.72. The van der Waals surface area contributed by atoms with E-state index >= 15 is 0 Å². The summed E-state index contributed by atoms with van der Waals surface area (Å²) in [5.41, 5.74) is 6.38. The fraction of sp³-hybridized carbons (Fsp3) is 0.895. The lowest BCUT2D eigenvalue weighted by Gasteiger charge is -2.44. The first-order chi connectivity index (χ1) is 21.3. The quantitative estimate of drug-likeness (QED) is 0.264. The Morgan fingerprint density at radius 1 is 0.909 bits per heavy atom. The second-order valence-electron chi connectivity index (χ2n) is 15.8. The largest absolute Gasteiger partial charge is 0.390 e. The van der Waals surface area contributed by atoms with Gasteiger partial charge in [0.2, 0.25) is 0 Å². The molecule has 0 amide bonds. The number of carbonyl (C=O) groups is 2. The molecule has 1 heterocycles. The number of methoxy groups -OCH3 is 1. The van der Waals surface area contributed by atoms with E-state index in [4.69, 9.17) is 10.5 Å². The van der Waals surface area contributed by atoms with Gasteiger partial charge in [-0.05, 0) is 99.7 Å². The summed E-state index contributed by atoms with van der Waals surface area (Å²) >= 11 is 0. The van der Waals surface area contributed by atoms with Crippen LogP contribution in [-0.4, -0.2) is 48.7 Å². The first-order valence-corrected chi connectivity index (χ1v) is 18.7. The lowest BCUT2D eigenvalue weighted by molar-refractivity contribution is -0.699. The number of quaternary nitrogens is 1. The van der Waals surface area contributed by atoms with Gasteiger partial charge in [0.05, 0.1) is 25.2 Å². The molecule has 6 heteroatoms. The smallest absolute Gasteiger partial charge is 0.144 e. The van der Waals surface area contributed by atoms with E-state index in [1.165, 1.54) is 70.6 Å². The van der Waals surface area contributed by atoms with E-state index in [2.05, 4.69) is 24.1 Å². The monoisotopic (exact) mass is 611 g/mol. The van der Waals surface area contributed by atoms with Gasteiger partial charge in [-0.25, -0.2) is 0 Å². The van der Waals surface area contributed by atoms with Gasteiger partial charge in [-0.1, -0.05) is 57.3 Å². The molecule has 0 aromatic carbocycles. The van der Waals surface area contributed by atoms with E-state index in [1.807, 2.05) is 0 Å². The molecule has 0 aromatic heterocycles. The van der Waals surface area contributed by atoms with Gasteiger partial charge in [0, 0.05) is 37.7 Å². The van der Waals surface area contributed by atoms with Gasteiger partial charge in [0.1, 0.15) is 17.7 Å². The lowest BCUT2D eigenvalue weighted by Crippen LogP contribution is -2.94. The van der Waals surface area contributed by atoms with Gasteiger partial charge in [-0.2, -0.15) is 0 Å². The third kappa shape index (κ3) is 8.96. The van der Waals surface area contributed by atoms with Crippen LogP contribution in [0.2, 0.25) is 0 Å². The highest BCUT2D eigenvalue weighted by molar-refractivity contribution is 6.00. The molecule has 0 aromatic rings. The molecule has 11 atom stereocenters. The predicted octanol–water partition coefficient (Wildman–Crippen LogP) is 5.40. The van der Waals surface area contributed by atoms with Crippen molar-refractivity contribution in [3.63, 3.8) is 0 Å². The summed E-state index contributed by atoms with van der Waals surface area (Å²) in [6.45, 7) is 3.38. The fourth-order valence-corrected chi connectivity index (χ4v) is 10.3. The van der Waals surface area contributed by atoms with E-state index in [0.29, 0.717) is 42.4 Å². The molecule has 44 heavy (non-hydrogen) atoms. The minimum Gasteiger partial charge on any atom is -0.390 e. The minimum absolute atomic E-state index is 0.0277. The molecule has 6 unspecified atom stereocenters. The van der Waals surface area contributed by atoms with E-state index in [0.717, 1.165) is 38.6 Å². The van der Waals surface area contributed by atoms with Gasteiger partial charge >= 0.3 is 0 Å². The van der Waals surface area contributed by atoms with Crippen molar-refractivity contribution in [3.8, 4) is 11.8 Å². The number of aliphatic hydroxyl groups is 1. The first-order valence-electron chi connectivity index (χ1n) is 18.7. The number of ketones is 2. The predicted molar refractivity (Wildman–Crippen MR) is 174 cm³/mol. The SMILES string of the molecule is CCCC[C@@H]1C[C@H](CC2CC[NH2+]C(N)C2)C[C@@H]2C#C[C@H](C3CCCCC3)C3CC(O)C(OC)CC3CCC(=O)CC(=O)[C@@H]2C1. The molecular formula is C38H63N2O4+.